The normalized spacial score (nSPS) is 12.2. The van der Waals surface area contributed by atoms with Crippen LogP contribution in [0.3, 0.4) is 0 Å². The van der Waals surface area contributed by atoms with Gasteiger partial charge in [-0.15, -0.1) is 0 Å². The molecule has 1 aromatic heterocycles. The quantitative estimate of drug-likeness (QED) is 0.700. The van der Waals surface area contributed by atoms with E-state index >= 15 is 0 Å². The SMILES string of the molecule is CC(CN(CCC(=O)O)C(=O)/C=C/c1ccco1)C(=O)O. The second-order valence-electron chi connectivity index (χ2n) is 4.52. The summed E-state index contributed by atoms with van der Waals surface area (Å²) in [5, 5.41) is 17.6. The number of carbonyl (C=O) groups is 3. The summed E-state index contributed by atoms with van der Waals surface area (Å²) >= 11 is 0. The molecule has 0 spiro atoms. The van der Waals surface area contributed by atoms with Gasteiger partial charge in [0, 0.05) is 19.2 Å². The number of nitrogens with zero attached hydrogens (tertiary/aromatic N) is 1. The van der Waals surface area contributed by atoms with Gasteiger partial charge in [0.2, 0.25) is 5.91 Å². The number of carboxylic acids is 2. The van der Waals surface area contributed by atoms with Crippen LogP contribution in [0.1, 0.15) is 19.1 Å². The first kappa shape index (κ1) is 16.5. The maximum Gasteiger partial charge on any atom is 0.308 e. The first-order chi connectivity index (χ1) is 9.90. The van der Waals surface area contributed by atoms with Crippen LogP contribution in [0.15, 0.2) is 28.9 Å². The van der Waals surface area contributed by atoms with Crippen molar-refractivity contribution in [2.75, 3.05) is 13.1 Å². The fourth-order valence-corrected chi connectivity index (χ4v) is 1.58. The highest BCUT2D eigenvalue weighted by Crippen LogP contribution is 2.06. The second-order valence-corrected chi connectivity index (χ2v) is 4.52. The Morgan fingerprint density at radius 1 is 1.38 bits per heavy atom. The molecule has 0 aromatic carbocycles. The van der Waals surface area contributed by atoms with Crippen molar-refractivity contribution in [2.24, 2.45) is 5.92 Å². The number of aliphatic carboxylic acids is 2. The molecule has 1 amide bonds. The van der Waals surface area contributed by atoms with Crippen molar-refractivity contribution in [3.63, 3.8) is 0 Å². The zero-order valence-corrected chi connectivity index (χ0v) is 11.6. The molecule has 1 heterocycles. The Morgan fingerprint density at radius 2 is 2.10 bits per heavy atom. The molecule has 0 saturated heterocycles. The van der Waals surface area contributed by atoms with Gasteiger partial charge in [0.05, 0.1) is 18.6 Å². The third kappa shape index (κ3) is 5.94. The first-order valence-electron chi connectivity index (χ1n) is 6.35. The predicted octanol–water partition coefficient (Wildman–Crippen LogP) is 1.32. The van der Waals surface area contributed by atoms with E-state index in [0.29, 0.717) is 5.76 Å². The molecule has 0 saturated carbocycles. The minimum Gasteiger partial charge on any atom is -0.481 e. The topological polar surface area (TPSA) is 108 Å². The molecule has 7 nitrogen and oxygen atoms in total. The van der Waals surface area contributed by atoms with Crippen molar-refractivity contribution in [1.82, 2.24) is 4.90 Å². The summed E-state index contributed by atoms with van der Waals surface area (Å²) in [5.74, 6) is -2.85. The summed E-state index contributed by atoms with van der Waals surface area (Å²) < 4.78 is 5.04. The number of rotatable bonds is 8. The van der Waals surface area contributed by atoms with Crippen LogP contribution in [0.2, 0.25) is 0 Å². The van der Waals surface area contributed by atoms with Crippen molar-refractivity contribution in [3.05, 3.63) is 30.2 Å². The molecule has 1 atom stereocenters. The molecule has 1 aromatic rings. The summed E-state index contributed by atoms with van der Waals surface area (Å²) in [6.45, 7) is 1.36. The van der Waals surface area contributed by atoms with Gasteiger partial charge in [-0.3, -0.25) is 14.4 Å². The number of carbonyl (C=O) groups excluding carboxylic acids is 1. The summed E-state index contributed by atoms with van der Waals surface area (Å²) in [5.41, 5.74) is 0. The van der Waals surface area contributed by atoms with E-state index in [1.165, 1.54) is 30.2 Å². The van der Waals surface area contributed by atoms with E-state index in [-0.39, 0.29) is 19.5 Å². The van der Waals surface area contributed by atoms with E-state index in [9.17, 15) is 14.4 Å². The Kier molecular flexibility index (Phi) is 6.19. The Bertz CT molecular complexity index is 520. The van der Waals surface area contributed by atoms with Gasteiger partial charge < -0.3 is 19.5 Å². The minimum absolute atomic E-state index is 0.0473. The summed E-state index contributed by atoms with van der Waals surface area (Å²) in [4.78, 5) is 34.7. The third-order valence-corrected chi connectivity index (χ3v) is 2.76. The standard InChI is InChI=1S/C14H17NO6/c1-10(14(19)20)9-15(7-6-13(17)18)12(16)5-4-11-3-2-8-21-11/h2-5,8,10H,6-7,9H2,1H3,(H,17,18)(H,19,20)/b5-4+. The van der Waals surface area contributed by atoms with Crippen LogP contribution in [-0.4, -0.2) is 46.0 Å². The van der Waals surface area contributed by atoms with Crippen LogP contribution in [-0.2, 0) is 14.4 Å². The molecule has 0 fully saturated rings. The molecule has 7 heteroatoms. The first-order valence-corrected chi connectivity index (χ1v) is 6.35. The molecule has 0 aliphatic heterocycles. The molecule has 21 heavy (non-hydrogen) atoms. The highest BCUT2D eigenvalue weighted by atomic mass is 16.4. The Morgan fingerprint density at radius 3 is 2.62 bits per heavy atom. The Balaban J connectivity index is 2.71. The van der Waals surface area contributed by atoms with E-state index in [1.54, 1.807) is 12.1 Å². The lowest BCUT2D eigenvalue weighted by molar-refractivity contribution is -0.142. The van der Waals surface area contributed by atoms with Crippen molar-refractivity contribution in [2.45, 2.75) is 13.3 Å². The van der Waals surface area contributed by atoms with Gasteiger partial charge in [-0.25, -0.2) is 0 Å². The van der Waals surface area contributed by atoms with Crippen molar-refractivity contribution in [1.29, 1.82) is 0 Å². The summed E-state index contributed by atoms with van der Waals surface area (Å²) in [6, 6.07) is 3.32. The van der Waals surface area contributed by atoms with Gasteiger partial charge in [0.15, 0.2) is 0 Å². The van der Waals surface area contributed by atoms with Crippen molar-refractivity contribution in [3.8, 4) is 0 Å². The van der Waals surface area contributed by atoms with Crippen LogP contribution in [0.4, 0.5) is 0 Å². The molecule has 0 aliphatic carbocycles. The summed E-state index contributed by atoms with van der Waals surface area (Å²) in [6.07, 6.45) is 3.89. The van der Waals surface area contributed by atoms with Gasteiger partial charge in [0.25, 0.3) is 0 Å². The van der Waals surface area contributed by atoms with E-state index < -0.39 is 23.8 Å². The molecular formula is C14H17NO6. The molecule has 114 valence electrons. The van der Waals surface area contributed by atoms with Crippen LogP contribution in [0.25, 0.3) is 6.08 Å². The third-order valence-electron chi connectivity index (χ3n) is 2.76. The second kappa shape index (κ2) is 7.88. The molecule has 2 N–H and O–H groups in total. The molecule has 0 bridgehead atoms. The van der Waals surface area contributed by atoms with Gasteiger partial charge >= 0.3 is 11.9 Å². The van der Waals surface area contributed by atoms with Crippen molar-refractivity contribution >= 4 is 23.9 Å². The van der Waals surface area contributed by atoms with Crippen LogP contribution in [0, 0.1) is 5.92 Å². The number of amides is 1. The predicted molar refractivity (Wildman–Crippen MR) is 73.4 cm³/mol. The molecule has 0 radical (unpaired) electrons. The average molecular weight is 295 g/mol. The lowest BCUT2D eigenvalue weighted by Gasteiger charge is -2.22. The Labute approximate surface area is 121 Å². The van der Waals surface area contributed by atoms with Crippen LogP contribution < -0.4 is 0 Å². The van der Waals surface area contributed by atoms with E-state index in [2.05, 4.69) is 0 Å². The van der Waals surface area contributed by atoms with E-state index in [0.717, 1.165) is 0 Å². The largest absolute Gasteiger partial charge is 0.481 e. The maximum absolute atomic E-state index is 12.0. The monoisotopic (exact) mass is 295 g/mol. The Hall–Kier alpha value is -2.57. The fraction of sp³-hybridized carbons (Fsp3) is 0.357. The van der Waals surface area contributed by atoms with E-state index in [1.807, 2.05) is 0 Å². The fourth-order valence-electron chi connectivity index (χ4n) is 1.58. The lowest BCUT2D eigenvalue weighted by Crippen LogP contribution is -2.37. The number of hydrogen-bond acceptors (Lipinski definition) is 4. The van der Waals surface area contributed by atoms with Crippen LogP contribution >= 0.6 is 0 Å². The zero-order chi connectivity index (χ0) is 15.8. The minimum atomic E-state index is -1.05. The van der Waals surface area contributed by atoms with Crippen molar-refractivity contribution < 1.29 is 29.0 Å². The lowest BCUT2D eigenvalue weighted by atomic mass is 10.1. The van der Waals surface area contributed by atoms with E-state index in [4.69, 9.17) is 14.6 Å². The highest BCUT2D eigenvalue weighted by molar-refractivity contribution is 5.92. The number of hydrogen-bond donors (Lipinski definition) is 2. The average Bonchev–Trinajstić information content (AvgIpc) is 2.93. The number of furan rings is 1. The number of carboxylic acid groups (broad SMARTS) is 2. The van der Waals surface area contributed by atoms with Gasteiger partial charge in [-0.1, -0.05) is 6.92 Å². The van der Waals surface area contributed by atoms with Crippen LogP contribution in [0.5, 0.6) is 0 Å². The smallest absolute Gasteiger partial charge is 0.308 e. The molecule has 1 rings (SSSR count). The summed E-state index contributed by atoms with van der Waals surface area (Å²) in [7, 11) is 0. The zero-order valence-electron chi connectivity index (χ0n) is 11.6. The highest BCUT2D eigenvalue weighted by Gasteiger charge is 2.19. The molecular weight excluding hydrogens is 278 g/mol. The maximum atomic E-state index is 12.0. The van der Waals surface area contributed by atoms with Gasteiger partial charge in [-0.05, 0) is 18.2 Å². The van der Waals surface area contributed by atoms with Gasteiger partial charge in [0.1, 0.15) is 5.76 Å². The molecule has 0 aliphatic rings. The van der Waals surface area contributed by atoms with Gasteiger partial charge in [-0.2, -0.15) is 0 Å². The molecule has 1 unspecified atom stereocenters.